The van der Waals surface area contributed by atoms with Crippen molar-refractivity contribution in [3.05, 3.63) is 105 Å². The summed E-state index contributed by atoms with van der Waals surface area (Å²) >= 11 is 6.17. The van der Waals surface area contributed by atoms with Crippen LogP contribution in [0.4, 0.5) is 5.69 Å². The molecule has 3 N–H and O–H groups in total. The van der Waals surface area contributed by atoms with E-state index in [4.69, 9.17) is 21.5 Å². The number of esters is 1. The number of aromatic nitrogens is 2. The Balaban J connectivity index is 1.44. The molecule has 1 amide bonds. The quantitative estimate of drug-likeness (QED) is 0.227. The summed E-state index contributed by atoms with van der Waals surface area (Å²) < 4.78 is 58.8. The molecule has 1 aromatic heterocycles. The lowest BCUT2D eigenvalue weighted by Gasteiger charge is -2.19. The molecule has 0 spiro atoms. The molecule has 4 aromatic rings. The van der Waals surface area contributed by atoms with E-state index < -0.39 is 44.1 Å². The van der Waals surface area contributed by atoms with Crippen molar-refractivity contribution in [3.8, 4) is 5.69 Å². The molecule has 1 heterocycles. The van der Waals surface area contributed by atoms with E-state index in [0.29, 0.717) is 17.8 Å². The number of nitrogens with zero attached hydrogens (tertiary/aromatic N) is 3. The molecule has 0 saturated carbocycles. The number of rotatable bonds is 11. The molecule has 0 fully saturated rings. The van der Waals surface area contributed by atoms with Gasteiger partial charge in [0.25, 0.3) is 21.5 Å². The van der Waals surface area contributed by atoms with E-state index in [1.54, 1.807) is 61.1 Å². The molecule has 0 aliphatic carbocycles. The lowest BCUT2D eigenvalue weighted by atomic mass is 10.1. The van der Waals surface area contributed by atoms with Crippen LogP contribution in [0.3, 0.4) is 0 Å². The van der Waals surface area contributed by atoms with Gasteiger partial charge >= 0.3 is 5.97 Å². The maximum Gasteiger partial charge on any atom is 0.340 e. The number of sulfonamides is 2. The number of carbonyl (C=O) groups is 2. The number of nitrogens with two attached hydrogens (primary N) is 1. The van der Waals surface area contributed by atoms with Gasteiger partial charge in [-0.15, -0.1) is 0 Å². The third-order valence-electron chi connectivity index (χ3n) is 6.98. The van der Waals surface area contributed by atoms with Gasteiger partial charge in [-0.3, -0.25) is 18.6 Å². The second-order valence-corrected chi connectivity index (χ2v) is 13.8. The first-order chi connectivity index (χ1) is 21.1. The van der Waals surface area contributed by atoms with E-state index in [-0.39, 0.29) is 32.6 Å². The molecule has 0 aliphatic heterocycles. The monoisotopic (exact) mass is 675 g/mol. The first-order valence-electron chi connectivity index (χ1n) is 13.3. The van der Waals surface area contributed by atoms with E-state index in [1.807, 2.05) is 0 Å². The average Bonchev–Trinajstić information content (AvgIpc) is 3.22. The fourth-order valence-corrected chi connectivity index (χ4v) is 6.45. The summed E-state index contributed by atoms with van der Waals surface area (Å²) in [5.41, 5.74) is 0.726. The van der Waals surface area contributed by atoms with Gasteiger partial charge in [0, 0.05) is 20.6 Å². The highest BCUT2D eigenvalue weighted by molar-refractivity contribution is 7.92. The second kappa shape index (κ2) is 13.3. The zero-order valence-corrected chi connectivity index (χ0v) is 26.8. The molecule has 0 saturated heterocycles. The van der Waals surface area contributed by atoms with Crippen molar-refractivity contribution < 1.29 is 31.2 Å². The number of amides is 1. The Bertz CT molecular complexity index is 2020. The zero-order valence-electron chi connectivity index (χ0n) is 24.4. The van der Waals surface area contributed by atoms with E-state index in [0.717, 1.165) is 15.9 Å². The van der Waals surface area contributed by atoms with E-state index in [2.05, 4.69) is 5.32 Å². The van der Waals surface area contributed by atoms with Crippen molar-refractivity contribution in [1.82, 2.24) is 14.7 Å². The zero-order chi connectivity index (χ0) is 33.1. The van der Waals surface area contributed by atoms with Crippen molar-refractivity contribution >= 4 is 49.2 Å². The minimum Gasteiger partial charge on any atom is -0.452 e. The van der Waals surface area contributed by atoms with Gasteiger partial charge in [0.05, 0.1) is 31.8 Å². The van der Waals surface area contributed by atoms with Crippen molar-refractivity contribution in [3.63, 3.8) is 0 Å². The van der Waals surface area contributed by atoms with Crippen LogP contribution in [-0.4, -0.2) is 58.3 Å². The molecular weight excluding hydrogens is 646 g/mol. The maximum absolute atomic E-state index is 13.6. The Hall–Kier alpha value is -4.44. The third-order valence-corrected chi connectivity index (χ3v) is 9.99. The van der Waals surface area contributed by atoms with Gasteiger partial charge in [0.15, 0.2) is 6.61 Å². The lowest BCUT2D eigenvalue weighted by Crippen LogP contribution is -2.32. The van der Waals surface area contributed by atoms with Crippen molar-refractivity contribution in [1.29, 1.82) is 0 Å². The number of nitrogens with one attached hydrogen (secondary N) is 1. The van der Waals surface area contributed by atoms with Gasteiger partial charge in [-0.1, -0.05) is 41.9 Å². The Morgan fingerprint density at radius 1 is 0.978 bits per heavy atom. The highest BCUT2D eigenvalue weighted by Gasteiger charge is 2.30. The van der Waals surface area contributed by atoms with Gasteiger partial charge in [-0.25, -0.2) is 31.5 Å². The summed E-state index contributed by atoms with van der Waals surface area (Å²) in [7, 11) is -5.30. The molecule has 0 radical (unpaired) electrons. The molecule has 4 rings (SSSR count). The highest BCUT2D eigenvalue weighted by atomic mass is 35.5. The van der Waals surface area contributed by atoms with Crippen molar-refractivity contribution in [2.45, 2.75) is 23.1 Å². The number of halogens is 1. The van der Waals surface area contributed by atoms with Gasteiger partial charge in [0.2, 0.25) is 10.0 Å². The van der Waals surface area contributed by atoms with Gasteiger partial charge in [-0.2, -0.15) is 0 Å². The van der Waals surface area contributed by atoms with E-state index >= 15 is 0 Å². The normalized spacial score (nSPS) is 11.7. The van der Waals surface area contributed by atoms with Crippen molar-refractivity contribution in [2.75, 3.05) is 24.5 Å². The summed E-state index contributed by atoms with van der Waals surface area (Å²) in [5, 5.41) is 7.54. The number of primary sulfonamides is 1. The van der Waals surface area contributed by atoms with Crippen LogP contribution < -0.4 is 20.3 Å². The standard InChI is InChI=1S/C29H30ClN5O8S2/c1-19-27(28(37)35(33(19)2)21-7-5-4-6-8-21)34(3)45(41,42)23-13-14-25(30)24(17-23)29(38)43-18-26(36)32-16-15-20-9-11-22(12-10-20)44(31,39)40/h4-14,17H,15-16,18H2,1-3H3,(H,32,36)(H2,31,39,40). The van der Waals surface area contributed by atoms with Crippen LogP contribution in [0.25, 0.3) is 5.69 Å². The summed E-state index contributed by atoms with van der Waals surface area (Å²) in [6.45, 7) is 1.11. The largest absolute Gasteiger partial charge is 0.452 e. The lowest BCUT2D eigenvalue weighted by molar-refractivity contribution is -0.124. The van der Waals surface area contributed by atoms with Crippen molar-refractivity contribution in [2.24, 2.45) is 12.2 Å². The van der Waals surface area contributed by atoms with Crippen LogP contribution in [0, 0.1) is 6.92 Å². The summed E-state index contributed by atoms with van der Waals surface area (Å²) in [5.74, 6) is -1.66. The third kappa shape index (κ3) is 7.28. The topological polar surface area (TPSA) is 180 Å². The molecule has 0 aliphatic rings. The average molecular weight is 676 g/mol. The van der Waals surface area contributed by atoms with Gasteiger partial charge in [-0.05, 0) is 61.4 Å². The summed E-state index contributed by atoms with van der Waals surface area (Å²) in [4.78, 5) is 38.1. The van der Waals surface area contributed by atoms with E-state index in [9.17, 15) is 31.2 Å². The number of benzene rings is 3. The number of hydrogen-bond acceptors (Lipinski definition) is 8. The molecule has 0 atom stereocenters. The molecule has 3 aromatic carbocycles. The first-order valence-corrected chi connectivity index (χ1v) is 16.7. The van der Waals surface area contributed by atoms with E-state index in [1.165, 1.54) is 36.0 Å². The second-order valence-electron chi connectivity index (χ2n) is 9.89. The van der Waals surface area contributed by atoms with Crippen LogP contribution in [0.15, 0.2) is 87.4 Å². The highest BCUT2D eigenvalue weighted by Crippen LogP contribution is 2.27. The number of ether oxygens (including phenoxy) is 1. The number of anilines is 1. The van der Waals surface area contributed by atoms with Crippen LogP contribution >= 0.6 is 11.6 Å². The van der Waals surface area contributed by atoms with Gasteiger partial charge in [0.1, 0.15) is 5.69 Å². The molecular formula is C29H30ClN5O8S2. The molecule has 0 bridgehead atoms. The molecule has 45 heavy (non-hydrogen) atoms. The molecule has 0 unspecified atom stereocenters. The maximum atomic E-state index is 13.6. The molecule has 13 nitrogen and oxygen atoms in total. The number of hydrogen-bond donors (Lipinski definition) is 2. The minimum absolute atomic E-state index is 0.0362. The van der Waals surface area contributed by atoms with Crippen LogP contribution in [-0.2, 0) is 43.0 Å². The fourth-order valence-electron chi connectivity index (χ4n) is 4.47. The summed E-state index contributed by atoms with van der Waals surface area (Å²) in [6, 6.07) is 18.0. The SMILES string of the molecule is Cc1c(N(C)S(=O)(=O)c2ccc(Cl)c(C(=O)OCC(=O)NCCc3ccc(S(N)(=O)=O)cc3)c2)c(=O)n(-c2ccccc2)n1C. The predicted molar refractivity (Wildman–Crippen MR) is 168 cm³/mol. The molecule has 238 valence electrons. The Morgan fingerprint density at radius 2 is 1.60 bits per heavy atom. The predicted octanol–water partition coefficient (Wildman–Crippen LogP) is 2.13. The number of carbonyl (C=O) groups excluding carboxylic acids is 2. The smallest absolute Gasteiger partial charge is 0.340 e. The first kappa shape index (κ1) is 33.5. The Morgan fingerprint density at radius 3 is 2.22 bits per heavy atom. The molecule has 16 heteroatoms. The van der Waals surface area contributed by atoms with Crippen LogP contribution in [0.2, 0.25) is 5.02 Å². The fraction of sp³-hybridized carbons (Fsp3) is 0.207. The Kier molecular flexibility index (Phi) is 9.87. The van der Waals surface area contributed by atoms with Crippen LogP contribution in [0.5, 0.6) is 0 Å². The number of para-hydroxylation sites is 1. The van der Waals surface area contributed by atoms with Crippen LogP contribution in [0.1, 0.15) is 21.6 Å². The Labute approximate surface area is 264 Å². The minimum atomic E-state index is -4.36. The van der Waals surface area contributed by atoms with Gasteiger partial charge < -0.3 is 10.1 Å². The summed E-state index contributed by atoms with van der Waals surface area (Å²) in [6.07, 6.45) is 0.362.